The lowest BCUT2D eigenvalue weighted by Crippen LogP contribution is -2.36. The first-order valence-corrected chi connectivity index (χ1v) is 4.69. The molecule has 0 fully saturated rings. The van der Waals surface area contributed by atoms with Gasteiger partial charge in [-0.3, -0.25) is 0 Å². The highest BCUT2D eigenvalue weighted by Gasteiger charge is 2.27. The van der Waals surface area contributed by atoms with E-state index >= 15 is 0 Å². The van der Waals surface area contributed by atoms with Crippen LogP contribution in [0.4, 0.5) is 23.7 Å². The Morgan fingerprint density at radius 1 is 1.41 bits per heavy atom. The summed E-state index contributed by atoms with van der Waals surface area (Å²) in [6.07, 6.45) is -4.44. The summed E-state index contributed by atoms with van der Waals surface area (Å²) in [5.74, 6) is 0.0174. The molecule has 0 aliphatic heterocycles. The van der Waals surface area contributed by atoms with E-state index in [1.165, 1.54) is 18.2 Å². The molecule has 3 N–H and O–H groups in total. The van der Waals surface area contributed by atoms with E-state index in [4.69, 9.17) is 5.11 Å². The number of carbonyl (C=O) groups excluding carboxylic acids is 1. The van der Waals surface area contributed by atoms with Gasteiger partial charge in [-0.15, -0.1) is 0 Å². The van der Waals surface area contributed by atoms with Crippen molar-refractivity contribution in [3.05, 3.63) is 23.8 Å². The van der Waals surface area contributed by atoms with Gasteiger partial charge in [0.15, 0.2) is 0 Å². The van der Waals surface area contributed by atoms with Crippen LogP contribution in [0.5, 0.6) is 5.75 Å². The Kier molecular flexibility index (Phi) is 3.82. The number of phenols is 1. The van der Waals surface area contributed by atoms with Gasteiger partial charge in [0.2, 0.25) is 0 Å². The van der Waals surface area contributed by atoms with Crippen LogP contribution >= 0.6 is 0 Å². The van der Waals surface area contributed by atoms with Crippen molar-refractivity contribution in [2.75, 3.05) is 11.9 Å². The molecule has 2 amide bonds. The Balaban J connectivity index is 2.57. The van der Waals surface area contributed by atoms with E-state index in [2.05, 4.69) is 5.32 Å². The maximum absolute atomic E-state index is 11.8. The number of anilines is 1. The number of rotatable bonds is 2. The van der Waals surface area contributed by atoms with Crippen molar-refractivity contribution in [3.8, 4) is 5.75 Å². The molecule has 0 aliphatic rings. The lowest BCUT2D eigenvalue weighted by molar-refractivity contribution is -0.122. The van der Waals surface area contributed by atoms with Crippen LogP contribution in [0.3, 0.4) is 0 Å². The lowest BCUT2D eigenvalue weighted by Gasteiger charge is -2.11. The van der Waals surface area contributed by atoms with Gasteiger partial charge in [0, 0.05) is 5.69 Å². The van der Waals surface area contributed by atoms with Gasteiger partial charge in [0.05, 0.1) is 0 Å². The third-order valence-electron chi connectivity index (χ3n) is 1.91. The van der Waals surface area contributed by atoms with Crippen molar-refractivity contribution in [2.45, 2.75) is 13.1 Å². The van der Waals surface area contributed by atoms with Crippen molar-refractivity contribution in [2.24, 2.45) is 0 Å². The molecule has 0 radical (unpaired) electrons. The number of urea groups is 1. The van der Waals surface area contributed by atoms with Crippen LogP contribution in [0.25, 0.3) is 0 Å². The smallest absolute Gasteiger partial charge is 0.405 e. The van der Waals surface area contributed by atoms with Crippen LogP contribution < -0.4 is 10.6 Å². The average molecular weight is 248 g/mol. The number of hydrogen-bond donors (Lipinski definition) is 3. The van der Waals surface area contributed by atoms with Crippen LogP contribution in [0.15, 0.2) is 18.2 Å². The van der Waals surface area contributed by atoms with E-state index in [1.807, 2.05) is 0 Å². The molecular weight excluding hydrogens is 237 g/mol. The second-order valence-corrected chi connectivity index (χ2v) is 3.42. The maximum Gasteiger partial charge on any atom is 0.405 e. The molecule has 1 rings (SSSR count). The summed E-state index contributed by atoms with van der Waals surface area (Å²) < 4.78 is 35.4. The van der Waals surface area contributed by atoms with Crippen molar-refractivity contribution < 1.29 is 23.1 Å². The molecule has 0 unspecified atom stereocenters. The number of phenolic OH excluding ortho intramolecular Hbond substituents is 1. The number of hydrogen-bond acceptors (Lipinski definition) is 2. The normalized spacial score (nSPS) is 11.1. The minimum absolute atomic E-state index is 0.0174. The first kappa shape index (κ1) is 13.1. The Morgan fingerprint density at radius 3 is 2.59 bits per heavy atom. The zero-order chi connectivity index (χ0) is 13.1. The van der Waals surface area contributed by atoms with Crippen molar-refractivity contribution in [3.63, 3.8) is 0 Å². The van der Waals surface area contributed by atoms with Crippen molar-refractivity contribution >= 4 is 11.7 Å². The molecule has 0 atom stereocenters. The monoisotopic (exact) mass is 248 g/mol. The first-order valence-electron chi connectivity index (χ1n) is 4.69. The number of carbonyl (C=O) groups is 1. The fourth-order valence-corrected chi connectivity index (χ4v) is 1.14. The Hall–Kier alpha value is -1.92. The molecule has 7 heteroatoms. The summed E-state index contributed by atoms with van der Waals surface area (Å²) in [6, 6.07) is 3.17. The molecule has 94 valence electrons. The molecule has 0 saturated carbocycles. The third kappa shape index (κ3) is 4.62. The molecule has 0 bridgehead atoms. The van der Waals surface area contributed by atoms with Crippen molar-refractivity contribution in [1.29, 1.82) is 0 Å². The highest BCUT2D eigenvalue weighted by atomic mass is 19.4. The predicted molar refractivity (Wildman–Crippen MR) is 55.9 cm³/mol. The van der Waals surface area contributed by atoms with Crippen LogP contribution in [0.1, 0.15) is 5.56 Å². The number of nitrogens with one attached hydrogen (secondary N) is 2. The molecule has 0 spiro atoms. The van der Waals surface area contributed by atoms with E-state index in [1.54, 1.807) is 12.2 Å². The standard InChI is InChI=1S/C10H11F3N2O2/c1-6-4-7(16)2-3-8(6)15-9(17)14-5-10(11,12)13/h2-4,16H,5H2,1H3,(H2,14,15,17). The molecule has 0 aliphatic carbocycles. The lowest BCUT2D eigenvalue weighted by atomic mass is 10.2. The van der Waals surface area contributed by atoms with Crippen LogP contribution in [0, 0.1) is 6.92 Å². The second-order valence-electron chi connectivity index (χ2n) is 3.42. The Labute approximate surface area is 95.4 Å². The minimum atomic E-state index is -4.44. The number of amides is 2. The van der Waals surface area contributed by atoms with Gasteiger partial charge < -0.3 is 15.7 Å². The second kappa shape index (κ2) is 4.94. The van der Waals surface area contributed by atoms with Gasteiger partial charge in [0.25, 0.3) is 0 Å². The van der Waals surface area contributed by atoms with E-state index in [0.717, 1.165) is 0 Å². The van der Waals surface area contributed by atoms with Crippen LogP contribution in [0.2, 0.25) is 0 Å². The summed E-state index contributed by atoms with van der Waals surface area (Å²) >= 11 is 0. The zero-order valence-corrected chi connectivity index (χ0v) is 8.93. The Bertz CT molecular complexity index is 419. The number of benzene rings is 1. The molecule has 0 aromatic heterocycles. The van der Waals surface area contributed by atoms with Gasteiger partial charge in [0.1, 0.15) is 12.3 Å². The van der Waals surface area contributed by atoms with Crippen LogP contribution in [-0.4, -0.2) is 23.9 Å². The molecule has 0 saturated heterocycles. The summed E-state index contributed by atoms with van der Waals surface area (Å²) in [7, 11) is 0. The molecule has 1 aromatic carbocycles. The summed E-state index contributed by atoms with van der Waals surface area (Å²) in [6.45, 7) is 0.217. The highest BCUT2D eigenvalue weighted by Crippen LogP contribution is 2.20. The van der Waals surface area contributed by atoms with E-state index in [9.17, 15) is 18.0 Å². The molecule has 0 heterocycles. The van der Waals surface area contributed by atoms with Crippen molar-refractivity contribution in [1.82, 2.24) is 5.32 Å². The molecule has 1 aromatic rings. The van der Waals surface area contributed by atoms with Gasteiger partial charge >= 0.3 is 12.2 Å². The fourth-order valence-electron chi connectivity index (χ4n) is 1.14. The molecule has 17 heavy (non-hydrogen) atoms. The minimum Gasteiger partial charge on any atom is -0.508 e. The van der Waals surface area contributed by atoms with Crippen LogP contribution in [-0.2, 0) is 0 Å². The van der Waals surface area contributed by atoms with E-state index in [-0.39, 0.29) is 5.75 Å². The topological polar surface area (TPSA) is 61.4 Å². The average Bonchev–Trinajstić information content (AvgIpc) is 2.18. The van der Waals surface area contributed by atoms with Gasteiger partial charge in [-0.1, -0.05) is 0 Å². The highest BCUT2D eigenvalue weighted by molar-refractivity contribution is 5.90. The van der Waals surface area contributed by atoms with E-state index < -0.39 is 18.8 Å². The zero-order valence-electron chi connectivity index (χ0n) is 8.93. The SMILES string of the molecule is Cc1cc(O)ccc1NC(=O)NCC(F)(F)F. The molecular formula is C10H11F3N2O2. The number of alkyl halides is 3. The number of aromatic hydroxyl groups is 1. The van der Waals surface area contributed by atoms with E-state index in [0.29, 0.717) is 11.3 Å². The predicted octanol–water partition coefficient (Wildman–Crippen LogP) is 2.38. The maximum atomic E-state index is 11.8. The first-order chi connectivity index (χ1) is 7.78. The van der Waals surface area contributed by atoms with Gasteiger partial charge in [-0.2, -0.15) is 13.2 Å². The fraction of sp³-hybridized carbons (Fsp3) is 0.300. The largest absolute Gasteiger partial charge is 0.508 e. The number of halogens is 3. The summed E-state index contributed by atoms with van der Waals surface area (Å²) in [5.41, 5.74) is 0.884. The van der Waals surface area contributed by atoms with Gasteiger partial charge in [-0.05, 0) is 30.7 Å². The quantitative estimate of drug-likeness (QED) is 0.704. The summed E-state index contributed by atoms with van der Waals surface area (Å²) in [4.78, 5) is 11.1. The summed E-state index contributed by atoms with van der Waals surface area (Å²) in [5, 5.41) is 13.0. The number of aryl methyl sites for hydroxylation is 1. The van der Waals surface area contributed by atoms with Gasteiger partial charge in [-0.25, -0.2) is 4.79 Å². The Morgan fingerprint density at radius 2 is 2.06 bits per heavy atom. The third-order valence-corrected chi connectivity index (χ3v) is 1.91. The molecule has 4 nitrogen and oxygen atoms in total.